The number of esters is 3. The summed E-state index contributed by atoms with van der Waals surface area (Å²) in [6.07, 6.45) is -11.8. The van der Waals surface area contributed by atoms with E-state index in [9.17, 15) is 54.3 Å². The smallest absolute Gasteiger partial charge is 0.408 e. The summed E-state index contributed by atoms with van der Waals surface area (Å²) < 4.78 is 22.7. The predicted octanol–water partition coefficient (Wildman–Crippen LogP) is 2.42. The summed E-state index contributed by atoms with van der Waals surface area (Å²) in [6.45, 7) is 9.87. The number of carbonyl (C=O) groups is 6. The van der Waals surface area contributed by atoms with Crippen molar-refractivity contribution in [2.24, 2.45) is 16.7 Å². The first-order valence-corrected chi connectivity index (χ1v) is 19.3. The maximum Gasteiger partial charge on any atom is 0.408 e. The molecule has 10 atom stereocenters. The molecule has 2 aromatic carbocycles. The van der Waals surface area contributed by atoms with Crippen LogP contribution in [0, 0.1) is 16.7 Å². The Bertz CT molecular complexity index is 2010. The number of carbonyl (C=O) groups excluding carboxylic acids is 6. The molecule has 6 N–H and O–H groups in total. The van der Waals surface area contributed by atoms with Crippen LogP contribution in [0.3, 0.4) is 0 Å². The summed E-state index contributed by atoms with van der Waals surface area (Å²) >= 11 is 0. The van der Waals surface area contributed by atoms with Gasteiger partial charge in [0.25, 0.3) is 0 Å². The van der Waals surface area contributed by atoms with E-state index in [1.54, 1.807) is 45.0 Å². The van der Waals surface area contributed by atoms with Crippen molar-refractivity contribution in [2.45, 2.75) is 122 Å². The van der Waals surface area contributed by atoms with Crippen LogP contribution in [0.4, 0.5) is 4.79 Å². The van der Waals surface area contributed by atoms with Crippen molar-refractivity contribution in [1.29, 1.82) is 0 Å². The maximum atomic E-state index is 14.8. The molecule has 0 aliphatic heterocycles. The molecule has 59 heavy (non-hydrogen) atoms. The van der Waals surface area contributed by atoms with E-state index in [0.29, 0.717) is 0 Å². The molecule has 0 aromatic heterocycles. The number of benzene rings is 2. The molecule has 2 bridgehead atoms. The summed E-state index contributed by atoms with van der Waals surface area (Å²) in [7, 11) is 0. The molecule has 16 heteroatoms. The van der Waals surface area contributed by atoms with Crippen molar-refractivity contribution in [3.8, 4) is 0 Å². The van der Waals surface area contributed by atoms with E-state index in [-0.39, 0.29) is 22.3 Å². The zero-order valence-corrected chi connectivity index (χ0v) is 34.3. The number of amides is 1. The molecule has 1 amide bonds. The highest BCUT2D eigenvalue weighted by atomic mass is 16.6. The SMILES string of the molecule is CC(=O)OC1C[C@H](O)[C@@]2(C)C(=O)C(=O)C3=C(C)[C@@H](OC(=O)[C@H](O)[C@@H](NC(=O)OC(C)(C)C)c4ccccc4)C[C@@](O)([C@@H](OC(=O)c4ccccc4)[C@@H]2[C@]1(O)CO)C3(C)C. The van der Waals surface area contributed by atoms with Gasteiger partial charge in [-0.05, 0) is 57.9 Å². The van der Waals surface area contributed by atoms with Crippen LogP contribution >= 0.6 is 0 Å². The second-order valence-corrected chi connectivity index (χ2v) is 17.3. The number of rotatable bonds is 9. The quantitative estimate of drug-likeness (QED) is 0.121. The fourth-order valence-electron chi connectivity index (χ4n) is 8.97. The third kappa shape index (κ3) is 8.03. The number of Topliss-reactive ketones (excluding diaryl/α,β-unsaturated/α-hetero) is 2. The molecule has 2 saturated carbocycles. The Labute approximate surface area is 341 Å². The number of fused-ring (bicyclic) bond motifs is 3. The minimum atomic E-state index is -2.75. The third-order valence-electron chi connectivity index (χ3n) is 12.1. The minimum absolute atomic E-state index is 0.0226. The Hall–Kier alpha value is -5.00. The van der Waals surface area contributed by atoms with Gasteiger partial charge in [0.1, 0.15) is 35.1 Å². The van der Waals surface area contributed by atoms with Gasteiger partial charge in [0, 0.05) is 36.7 Å². The van der Waals surface area contributed by atoms with Gasteiger partial charge in [-0.25, -0.2) is 14.4 Å². The number of ketones is 2. The van der Waals surface area contributed by atoms with Gasteiger partial charge in [-0.15, -0.1) is 0 Å². The Morgan fingerprint density at radius 1 is 0.915 bits per heavy atom. The van der Waals surface area contributed by atoms with E-state index >= 15 is 0 Å². The zero-order valence-electron chi connectivity index (χ0n) is 34.3. The molecule has 0 saturated heterocycles. The van der Waals surface area contributed by atoms with Crippen molar-refractivity contribution < 1.29 is 73.2 Å². The first-order valence-electron chi connectivity index (χ1n) is 19.3. The lowest BCUT2D eigenvalue weighted by atomic mass is 9.45. The molecule has 0 spiro atoms. The maximum absolute atomic E-state index is 14.8. The lowest BCUT2D eigenvalue weighted by Crippen LogP contribution is -2.77. The summed E-state index contributed by atoms with van der Waals surface area (Å²) in [5.41, 5.74) is -10.8. The minimum Gasteiger partial charge on any atom is -0.459 e. The lowest BCUT2D eigenvalue weighted by Gasteiger charge is -2.63. The molecule has 0 radical (unpaired) electrons. The summed E-state index contributed by atoms with van der Waals surface area (Å²) in [5, 5.41) is 62.5. The topological polar surface area (TPSA) is 253 Å². The molecular weight excluding hydrogens is 770 g/mol. The fraction of sp³-hybridized carbons (Fsp3) is 0.535. The third-order valence-corrected chi connectivity index (χ3v) is 12.1. The Morgan fingerprint density at radius 2 is 1.49 bits per heavy atom. The molecular formula is C43H53NO15. The Kier molecular flexibility index (Phi) is 12.4. The monoisotopic (exact) mass is 823 g/mol. The van der Waals surface area contributed by atoms with E-state index < -0.39 is 125 Å². The molecule has 2 aromatic rings. The van der Waals surface area contributed by atoms with E-state index in [2.05, 4.69) is 5.32 Å². The van der Waals surface area contributed by atoms with E-state index in [4.69, 9.17) is 18.9 Å². The van der Waals surface area contributed by atoms with Gasteiger partial charge < -0.3 is 49.8 Å². The summed E-state index contributed by atoms with van der Waals surface area (Å²) in [4.78, 5) is 82.7. The molecule has 1 unspecified atom stereocenters. The van der Waals surface area contributed by atoms with Gasteiger partial charge in [0.2, 0.25) is 11.6 Å². The van der Waals surface area contributed by atoms with Crippen LogP contribution in [0.15, 0.2) is 71.8 Å². The van der Waals surface area contributed by atoms with Crippen molar-refractivity contribution in [1.82, 2.24) is 5.32 Å². The summed E-state index contributed by atoms with van der Waals surface area (Å²) in [6, 6.07) is 14.0. The zero-order chi connectivity index (χ0) is 44.0. The predicted molar refractivity (Wildman–Crippen MR) is 206 cm³/mol. The van der Waals surface area contributed by atoms with Gasteiger partial charge in [0.15, 0.2) is 6.10 Å². The molecule has 3 aliphatic carbocycles. The van der Waals surface area contributed by atoms with Gasteiger partial charge in [-0.3, -0.25) is 14.4 Å². The summed E-state index contributed by atoms with van der Waals surface area (Å²) in [5.74, 6) is -7.97. The normalized spacial score (nSPS) is 31.4. The average Bonchev–Trinajstić information content (AvgIpc) is 3.16. The second-order valence-electron chi connectivity index (χ2n) is 17.3. The number of hydrogen-bond donors (Lipinski definition) is 6. The van der Waals surface area contributed by atoms with Gasteiger partial charge in [0.05, 0.1) is 29.7 Å². The number of nitrogens with one attached hydrogen (secondary N) is 1. The van der Waals surface area contributed by atoms with Crippen molar-refractivity contribution in [2.75, 3.05) is 6.61 Å². The highest BCUT2D eigenvalue weighted by Crippen LogP contribution is 2.61. The first-order chi connectivity index (χ1) is 27.3. The number of aliphatic hydroxyl groups excluding tert-OH is 3. The first kappa shape index (κ1) is 45.1. The van der Waals surface area contributed by atoms with Crippen LogP contribution < -0.4 is 5.32 Å². The highest BCUT2D eigenvalue weighted by Gasteiger charge is 2.75. The molecule has 320 valence electrons. The Morgan fingerprint density at radius 3 is 2.03 bits per heavy atom. The molecule has 16 nitrogen and oxygen atoms in total. The lowest BCUT2D eigenvalue weighted by molar-refractivity contribution is -0.283. The van der Waals surface area contributed by atoms with Crippen LogP contribution in [0.5, 0.6) is 0 Å². The average molecular weight is 824 g/mol. The molecule has 2 fully saturated rings. The standard InChI is InChI=1S/C43H53NO15/c1-22-26(57-37(52)32(49)30(24-15-11-9-12-16-24)44-38(53)59-39(3,4)5)20-43(55)35(58-36(51)25-17-13-10-14-18-25)33-41(8,34(50)31(48)29(22)40(43,6)7)27(47)19-28(56-23(2)46)42(33,54)21-45/h9-18,26-28,30,32-33,35,45,47,49,54-55H,19-21H2,1-8H3,(H,44,53)/t26-,27-,28?,30-,32+,33-,35-,41+,42-,43+/m0/s1. The van der Waals surface area contributed by atoms with Gasteiger partial charge in [-0.1, -0.05) is 62.4 Å². The van der Waals surface area contributed by atoms with Crippen molar-refractivity contribution >= 4 is 35.6 Å². The van der Waals surface area contributed by atoms with Crippen LogP contribution in [0.25, 0.3) is 0 Å². The molecule has 3 aliphatic rings. The van der Waals surface area contributed by atoms with Gasteiger partial charge >= 0.3 is 24.0 Å². The number of aliphatic hydroxyl groups is 5. The number of alkyl carbamates (subject to hydrolysis) is 1. The van der Waals surface area contributed by atoms with E-state index in [0.717, 1.165) is 13.8 Å². The van der Waals surface area contributed by atoms with Crippen molar-refractivity contribution in [3.63, 3.8) is 0 Å². The van der Waals surface area contributed by atoms with Crippen molar-refractivity contribution in [3.05, 3.63) is 82.9 Å². The number of hydrogen-bond acceptors (Lipinski definition) is 15. The van der Waals surface area contributed by atoms with Gasteiger partial charge in [-0.2, -0.15) is 0 Å². The Balaban J connectivity index is 1.69. The number of ether oxygens (including phenoxy) is 4. The van der Waals surface area contributed by atoms with E-state index in [1.807, 2.05) is 0 Å². The molecule has 0 heterocycles. The van der Waals surface area contributed by atoms with Crippen LogP contribution in [-0.4, -0.2) is 115 Å². The highest BCUT2D eigenvalue weighted by molar-refractivity contribution is 6.46. The van der Waals surface area contributed by atoms with Crippen LogP contribution in [-0.2, 0) is 38.1 Å². The molecule has 5 rings (SSSR count). The van der Waals surface area contributed by atoms with Crippen LogP contribution in [0.2, 0.25) is 0 Å². The van der Waals surface area contributed by atoms with Crippen LogP contribution in [0.1, 0.15) is 90.2 Å². The van der Waals surface area contributed by atoms with E-state index in [1.165, 1.54) is 57.2 Å². The largest absolute Gasteiger partial charge is 0.459 e. The second kappa shape index (κ2) is 16.2. The fourth-order valence-corrected chi connectivity index (χ4v) is 8.97.